The molecule has 2 aromatic rings. The van der Waals surface area contributed by atoms with E-state index in [1.807, 2.05) is 36.1 Å². The highest BCUT2D eigenvalue weighted by atomic mass is 16.2. The number of hydrogen-bond acceptors (Lipinski definition) is 4. The number of rotatable bonds is 2. The highest BCUT2D eigenvalue weighted by Gasteiger charge is 2.32. The lowest BCUT2D eigenvalue weighted by atomic mass is 10.0. The third-order valence-electron chi connectivity index (χ3n) is 4.09. The zero-order valence-electron chi connectivity index (χ0n) is 13.8. The van der Waals surface area contributed by atoms with Crippen LogP contribution in [0.15, 0.2) is 24.3 Å². The van der Waals surface area contributed by atoms with Crippen molar-refractivity contribution in [1.29, 1.82) is 0 Å². The topological polar surface area (TPSA) is 67.2 Å². The van der Waals surface area contributed by atoms with Gasteiger partial charge >= 0.3 is 6.03 Å². The van der Waals surface area contributed by atoms with Gasteiger partial charge in [0.25, 0.3) is 0 Å². The van der Waals surface area contributed by atoms with Gasteiger partial charge in [-0.15, -0.1) is 15.0 Å². The van der Waals surface area contributed by atoms with Crippen LogP contribution in [-0.4, -0.2) is 56.7 Å². The lowest BCUT2D eigenvalue weighted by molar-refractivity contribution is 0.125. The summed E-state index contributed by atoms with van der Waals surface area (Å²) in [6.07, 6.45) is 2.96. The lowest BCUT2D eigenvalue weighted by Gasteiger charge is -2.35. The molecule has 1 unspecified atom stereocenters. The molecule has 1 aliphatic rings. The molecule has 1 aromatic heterocycles. The predicted octanol–water partition coefficient (Wildman–Crippen LogP) is 2.18. The fourth-order valence-corrected chi connectivity index (χ4v) is 2.91. The Hall–Kier alpha value is -2.44. The molecular formula is C16H22N6O. The van der Waals surface area contributed by atoms with Crippen LogP contribution in [0.25, 0.3) is 5.69 Å². The molecule has 1 aliphatic heterocycles. The van der Waals surface area contributed by atoms with E-state index in [4.69, 9.17) is 0 Å². The van der Waals surface area contributed by atoms with Gasteiger partial charge in [-0.05, 0) is 49.1 Å². The Balaban J connectivity index is 1.87. The molecule has 0 N–H and O–H groups in total. The molecule has 1 atom stereocenters. The number of urea groups is 1. The first-order valence-corrected chi connectivity index (χ1v) is 7.91. The van der Waals surface area contributed by atoms with Gasteiger partial charge < -0.3 is 9.80 Å². The Bertz CT molecular complexity index is 695. The number of nitrogens with zero attached hydrogens (tertiary/aromatic N) is 6. The van der Waals surface area contributed by atoms with Crippen molar-refractivity contribution in [2.75, 3.05) is 20.6 Å². The third-order valence-corrected chi connectivity index (χ3v) is 4.09. The number of carbonyl (C=O) groups excluding carboxylic acids is 1. The molecule has 1 fully saturated rings. The van der Waals surface area contributed by atoms with E-state index in [2.05, 4.69) is 15.4 Å². The Morgan fingerprint density at radius 2 is 2.13 bits per heavy atom. The molecule has 7 nitrogen and oxygen atoms in total. The molecule has 0 saturated carbocycles. The van der Waals surface area contributed by atoms with E-state index in [-0.39, 0.29) is 12.1 Å². The van der Waals surface area contributed by atoms with E-state index in [1.54, 1.807) is 19.0 Å². The van der Waals surface area contributed by atoms with E-state index < -0.39 is 0 Å². The first-order valence-electron chi connectivity index (χ1n) is 7.91. The number of hydrogen-bond donors (Lipinski definition) is 0. The number of aromatic nitrogens is 4. The maximum Gasteiger partial charge on any atom is 0.320 e. The van der Waals surface area contributed by atoms with Crippen molar-refractivity contribution in [2.45, 2.75) is 32.2 Å². The average molecular weight is 314 g/mol. The van der Waals surface area contributed by atoms with Gasteiger partial charge in [-0.25, -0.2) is 4.79 Å². The van der Waals surface area contributed by atoms with E-state index >= 15 is 0 Å². The molecule has 0 radical (unpaired) electrons. The number of aryl methyl sites for hydroxylation is 1. The van der Waals surface area contributed by atoms with E-state index in [1.165, 1.54) is 4.80 Å². The maximum atomic E-state index is 12.4. The second-order valence-corrected chi connectivity index (χ2v) is 6.16. The zero-order chi connectivity index (χ0) is 16.4. The summed E-state index contributed by atoms with van der Waals surface area (Å²) in [5.74, 6) is 0.612. The maximum absolute atomic E-state index is 12.4. The summed E-state index contributed by atoms with van der Waals surface area (Å²) in [6, 6.07) is 7.85. The summed E-state index contributed by atoms with van der Waals surface area (Å²) < 4.78 is 0. The van der Waals surface area contributed by atoms with Crippen molar-refractivity contribution >= 4 is 6.03 Å². The highest BCUT2D eigenvalue weighted by molar-refractivity contribution is 5.74. The second kappa shape index (κ2) is 6.36. The quantitative estimate of drug-likeness (QED) is 0.852. The minimum atomic E-state index is -0.0998. The first-order chi connectivity index (χ1) is 11.1. The van der Waals surface area contributed by atoms with Crippen molar-refractivity contribution < 1.29 is 4.79 Å². The molecule has 1 aromatic carbocycles. The Kier molecular flexibility index (Phi) is 4.27. The molecule has 0 bridgehead atoms. The van der Waals surface area contributed by atoms with Gasteiger partial charge in [0.1, 0.15) is 0 Å². The van der Waals surface area contributed by atoms with Gasteiger partial charge in [-0.3, -0.25) is 0 Å². The summed E-state index contributed by atoms with van der Waals surface area (Å²) in [5.41, 5.74) is 2.02. The minimum absolute atomic E-state index is 0.00149. The fraction of sp³-hybridized carbons (Fsp3) is 0.500. The molecule has 3 rings (SSSR count). The molecule has 7 heteroatoms. The van der Waals surface area contributed by atoms with Crippen LogP contribution < -0.4 is 0 Å². The second-order valence-electron chi connectivity index (χ2n) is 6.16. The van der Waals surface area contributed by atoms with Crippen LogP contribution in [0.5, 0.6) is 0 Å². The molecule has 23 heavy (non-hydrogen) atoms. The molecular weight excluding hydrogens is 292 g/mol. The molecule has 0 aliphatic carbocycles. The summed E-state index contributed by atoms with van der Waals surface area (Å²) >= 11 is 0. The van der Waals surface area contributed by atoms with Crippen LogP contribution >= 0.6 is 0 Å². The predicted molar refractivity (Wildman–Crippen MR) is 86.3 cm³/mol. The van der Waals surface area contributed by atoms with Crippen molar-refractivity contribution in [3.8, 4) is 5.69 Å². The number of amides is 2. The molecule has 2 heterocycles. The zero-order valence-corrected chi connectivity index (χ0v) is 13.8. The van der Waals surface area contributed by atoms with Gasteiger partial charge in [0, 0.05) is 20.6 Å². The SMILES string of the molecule is Cc1cccc(-n2nnc(C3CCCCN3C(=O)N(C)C)n2)c1. The largest absolute Gasteiger partial charge is 0.331 e. The standard InChI is InChI=1S/C16H22N6O/c1-12-7-6-8-13(11-12)22-18-15(17-19-22)14-9-4-5-10-21(14)16(23)20(2)3/h6-8,11,14H,4-5,9-10H2,1-3H3. The first kappa shape index (κ1) is 15.5. The number of likely N-dealkylation sites (tertiary alicyclic amines) is 1. The monoisotopic (exact) mass is 314 g/mol. The Morgan fingerprint density at radius 1 is 1.30 bits per heavy atom. The van der Waals surface area contributed by atoms with Gasteiger partial charge in [-0.1, -0.05) is 12.1 Å². The minimum Gasteiger partial charge on any atom is -0.331 e. The van der Waals surface area contributed by atoms with Crippen LogP contribution in [0.4, 0.5) is 4.79 Å². The van der Waals surface area contributed by atoms with Gasteiger partial charge in [-0.2, -0.15) is 0 Å². The fourth-order valence-electron chi connectivity index (χ4n) is 2.91. The number of carbonyl (C=O) groups is 1. The van der Waals surface area contributed by atoms with E-state index in [0.717, 1.165) is 37.1 Å². The van der Waals surface area contributed by atoms with Crippen molar-refractivity contribution in [3.63, 3.8) is 0 Å². The van der Waals surface area contributed by atoms with E-state index in [0.29, 0.717) is 5.82 Å². The van der Waals surface area contributed by atoms with Crippen LogP contribution in [0, 0.1) is 6.92 Å². The van der Waals surface area contributed by atoms with E-state index in [9.17, 15) is 4.79 Å². The molecule has 0 spiro atoms. The summed E-state index contributed by atoms with van der Waals surface area (Å²) in [7, 11) is 3.54. The van der Waals surface area contributed by atoms with Gasteiger partial charge in [0.15, 0.2) is 5.82 Å². The van der Waals surface area contributed by atoms with Crippen LogP contribution in [0.3, 0.4) is 0 Å². The van der Waals surface area contributed by atoms with Crippen LogP contribution in [0.1, 0.15) is 36.7 Å². The number of tetrazole rings is 1. The normalized spacial score (nSPS) is 18.0. The van der Waals surface area contributed by atoms with Gasteiger partial charge in [0.05, 0.1) is 11.7 Å². The smallest absolute Gasteiger partial charge is 0.320 e. The highest BCUT2D eigenvalue weighted by Crippen LogP contribution is 2.29. The molecule has 2 amide bonds. The van der Waals surface area contributed by atoms with Crippen LogP contribution in [0.2, 0.25) is 0 Å². The summed E-state index contributed by atoms with van der Waals surface area (Å²) in [6.45, 7) is 2.76. The van der Waals surface area contributed by atoms with Crippen molar-refractivity contribution in [2.24, 2.45) is 0 Å². The third kappa shape index (κ3) is 3.18. The molecule has 1 saturated heterocycles. The van der Waals surface area contributed by atoms with Gasteiger partial charge in [0.2, 0.25) is 0 Å². The summed E-state index contributed by atoms with van der Waals surface area (Å²) in [4.78, 5) is 17.4. The lowest BCUT2D eigenvalue weighted by Crippen LogP contribution is -2.44. The average Bonchev–Trinajstić information content (AvgIpc) is 3.04. The Labute approximate surface area is 135 Å². The van der Waals surface area contributed by atoms with Crippen molar-refractivity contribution in [1.82, 2.24) is 30.0 Å². The summed E-state index contributed by atoms with van der Waals surface area (Å²) in [5, 5.41) is 12.9. The Morgan fingerprint density at radius 3 is 2.87 bits per heavy atom. The van der Waals surface area contributed by atoms with Crippen molar-refractivity contribution in [3.05, 3.63) is 35.7 Å². The number of benzene rings is 1. The van der Waals surface area contributed by atoms with Crippen LogP contribution in [-0.2, 0) is 0 Å². The molecule has 122 valence electrons. The number of piperidine rings is 1.